The number of nitrogens with two attached hydrogens (primary N) is 1. The topological polar surface area (TPSA) is 220 Å². The number of aromatic nitrogens is 4. The van der Waals surface area contributed by atoms with E-state index in [1.54, 1.807) is 0 Å². The van der Waals surface area contributed by atoms with Crippen molar-refractivity contribution in [1.82, 2.24) is 19.5 Å². The summed E-state index contributed by atoms with van der Waals surface area (Å²) in [6, 6.07) is 0. The normalized spacial score (nSPS) is 28.1. The predicted molar refractivity (Wildman–Crippen MR) is 90.5 cm³/mol. The van der Waals surface area contributed by atoms with Crippen LogP contribution < -0.4 is 5.73 Å². The van der Waals surface area contributed by atoms with Gasteiger partial charge in [0.25, 0.3) is 0 Å². The Hall–Kier alpha value is -1.20. The maximum absolute atomic E-state index is 12.1. The Bertz CT molecular complexity index is 1020. The Morgan fingerprint density at radius 3 is 2.52 bits per heavy atom. The number of imidazole rings is 1. The van der Waals surface area contributed by atoms with Crippen molar-refractivity contribution in [3.05, 3.63) is 12.7 Å². The molecular weight excluding hydrogens is 427 g/mol. The lowest BCUT2D eigenvalue weighted by Gasteiger charge is -2.22. The minimum Gasteiger partial charge on any atom is -0.382 e. The van der Waals surface area contributed by atoms with Crippen molar-refractivity contribution < 1.29 is 42.5 Å². The van der Waals surface area contributed by atoms with E-state index in [1.165, 1.54) is 24.1 Å². The molecule has 0 saturated carbocycles. The standard InChI is InChI=1S/C10H16N5O9P3/c1-5-6(24-26(19,20)27(21,22)25(16,17)18)2-7(23-5)15-4-14-8-9(11)12-3-13-10(8)15/h3-7H,2H2,1H3,(H,19,20)(H,21,22)(H2,11,12,13)(H2,16,17,18)/t5-,6?,7-/m1/s1. The van der Waals surface area contributed by atoms with E-state index in [1.807, 2.05) is 0 Å². The third kappa shape index (κ3) is 3.49. The maximum atomic E-state index is 12.1. The molecule has 150 valence electrons. The van der Waals surface area contributed by atoms with Crippen LogP contribution in [0.2, 0.25) is 0 Å². The number of fused-ring (bicyclic) bond motifs is 1. The number of nitrogen functional groups attached to an aromatic ring is 1. The van der Waals surface area contributed by atoms with Gasteiger partial charge in [-0.15, -0.1) is 0 Å². The SMILES string of the molecule is C[C@H]1O[C@@H](n2cnc3c(N)ncnc32)CC1OP(=O)(O)P(=O)(O)P(=O)(O)O. The van der Waals surface area contributed by atoms with Gasteiger partial charge in [0, 0.05) is 6.42 Å². The fourth-order valence-electron chi connectivity index (χ4n) is 2.56. The van der Waals surface area contributed by atoms with Gasteiger partial charge in [0.1, 0.15) is 18.1 Å². The lowest BCUT2D eigenvalue weighted by molar-refractivity contribution is -0.00329. The van der Waals surface area contributed by atoms with Crippen LogP contribution in [0.25, 0.3) is 11.2 Å². The van der Waals surface area contributed by atoms with Gasteiger partial charge < -0.3 is 30.0 Å². The number of hydrogen-bond acceptors (Lipinski definition) is 9. The third-order valence-corrected chi connectivity index (χ3v) is 14.3. The van der Waals surface area contributed by atoms with E-state index in [9.17, 15) is 23.5 Å². The molecule has 17 heteroatoms. The summed E-state index contributed by atoms with van der Waals surface area (Å²) in [5, 5.41) is 0. The van der Waals surface area contributed by atoms with Gasteiger partial charge in [0.05, 0.1) is 18.5 Å². The molecule has 27 heavy (non-hydrogen) atoms. The molecular formula is C10H16N5O9P3. The van der Waals surface area contributed by atoms with Gasteiger partial charge in [-0.1, -0.05) is 0 Å². The van der Waals surface area contributed by atoms with Crippen molar-refractivity contribution in [2.45, 2.75) is 31.8 Å². The molecule has 1 saturated heterocycles. The summed E-state index contributed by atoms with van der Waals surface area (Å²) in [6.45, 7) is -4.37. The molecule has 2 aromatic heterocycles. The molecule has 1 aliphatic rings. The van der Waals surface area contributed by atoms with Gasteiger partial charge in [-0.3, -0.25) is 13.7 Å². The summed E-state index contributed by atoms with van der Waals surface area (Å²) >= 11 is 0. The molecule has 14 nitrogen and oxygen atoms in total. The van der Waals surface area contributed by atoms with Crippen LogP contribution in [0.1, 0.15) is 19.6 Å². The van der Waals surface area contributed by atoms with Crippen molar-refractivity contribution in [3.8, 4) is 0 Å². The predicted octanol–water partition coefficient (Wildman–Crippen LogP) is 0.565. The monoisotopic (exact) mass is 443 g/mol. The summed E-state index contributed by atoms with van der Waals surface area (Å²) < 4.78 is 46.7. The summed E-state index contributed by atoms with van der Waals surface area (Å²) in [6.07, 6.45) is -0.328. The van der Waals surface area contributed by atoms with Gasteiger partial charge in [-0.2, -0.15) is 0 Å². The first kappa shape index (κ1) is 20.5. The van der Waals surface area contributed by atoms with Crippen molar-refractivity contribution in [2.75, 3.05) is 5.73 Å². The highest BCUT2D eigenvalue weighted by Crippen LogP contribution is 2.94. The highest BCUT2D eigenvalue weighted by molar-refractivity contribution is 8.60. The van der Waals surface area contributed by atoms with E-state index in [0.29, 0.717) is 11.2 Å². The molecule has 3 heterocycles. The highest BCUT2D eigenvalue weighted by Gasteiger charge is 2.59. The average molecular weight is 443 g/mol. The number of rotatable bonds is 5. The number of ether oxygens (including phenoxy) is 1. The smallest absolute Gasteiger partial charge is 0.382 e. The lowest BCUT2D eigenvalue weighted by Crippen LogP contribution is -2.19. The molecule has 1 fully saturated rings. The van der Waals surface area contributed by atoms with Crippen molar-refractivity contribution in [3.63, 3.8) is 0 Å². The van der Waals surface area contributed by atoms with E-state index in [2.05, 4.69) is 15.0 Å². The van der Waals surface area contributed by atoms with Gasteiger partial charge in [-0.05, 0) is 6.92 Å². The first-order chi connectivity index (χ1) is 12.3. The van der Waals surface area contributed by atoms with Crippen molar-refractivity contribution in [1.29, 1.82) is 0 Å². The third-order valence-electron chi connectivity index (χ3n) is 3.97. The summed E-state index contributed by atoms with van der Waals surface area (Å²) in [4.78, 5) is 48.8. The van der Waals surface area contributed by atoms with Gasteiger partial charge in [0.15, 0.2) is 11.5 Å². The van der Waals surface area contributed by atoms with Crippen LogP contribution in [0.5, 0.6) is 0 Å². The van der Waals surface area contributed by atoms with Gasteiger partial charge in [0.2, 0.25) is 0 Å². The molecule has 5 atom stereocenters. The molecule has 0 bridgehead atoms. The fraction of sp³-hybridized carbons (Fsp3) is 0.500. The van der Waals surface area contributed by atoms with Crippen LogP contribution in [0.3, 0.4) is 0 Å². The molecule has 3 rings (SSSR count). The Kier molecular flexibility index (Phi) is 5.09. The highest BCUT2D eigenvalue weighted by atomic mass is 32.5. The second kappa shape index (κ2) is 6.70. The van der Waals surface area contributed by atoms with Crippen molar-refractivity contribution >= 4 is 38.3 Å². The Labute approximate surface area is 151 Å². The second-order valence-electron chi connectivity index (χ2n) is 5.78. The molecule has 0 radical (unpaired) electrons. The van der Waals surface area contributed by atoms with Crippen LogP contribution in [-0.4, -0.2) is 51.3 Å². The Balaban J connectivity index is 1.85. The first-order valence-corrected chi connectivity index (χ1v) is 13.6. The van der Waals surface area contributed by atoms with Crippen LogP contribution in [0, 0.1) is 0 Å². The zero-order valence-electron chi connectivity index (χ0n) is 13.6. The summed E-state index contributed by atoms with van der Waals surface area (Å²) in [7, 11) is -11.3. The van der Waals surface area contributed by atoms with Gasteiger partial charge in [-0.25, -0.2) is 24.1 Å². The minimum atomic E-state index is -5.84. The molecule has 0 spiro atoms. The Morgan fingerprint density at radius 1 is 1.22 bits per heavy atom. The number of hydrogen-bond donors (Lipinski definition) is 5. The van der Waals surface area contributed by atoms with Crippen LogP contribution >= 0.6 is 21.3 Å². The van der Waals surface area contributed by atoms with Crippen LogP contribution in [-0.2, 0) is 23.0 Å². The first-order valence-electron chi connectivity index (χ1n) is 7.34. The second-order valence-corrected chi connectivity index (χ2v) is 16.3. The molecule has 6 N–H and O–H groups in total. The molecule has 2 aromatic rings. The minimum absolute atomic E-state index is 0.0811. The molecule has 0 aliphatic carbocycles. The van der Waals surface area contributed by atoms with Crippen LogP contribution in [0.15, 0.2) is 12.7 Å². The maximum Gasteiger partial charge on any atom is 0.422 e. The lowest BCUT2D eigenvalue weighted by atomic mass is 10.2. The number of nitrogens with zero attached hydrogens (tertiary/aromatic N) is 4. The molecule has 0 amide bonds. The largest absolute Gasteiger partial charge is 0.422 e. The molecule has 0 aromatic carbocycles. The van der Waals surface area contributed by atoms with Gasteiger partial charge >= 0.3 is 21.3 Å². The summed E-state index contributed by atoms with van der Waals surface area (Å²) in [5.74, 6) is 0.139. The van der Waals surface area contributed by atoms with Crippen molar-refractivity contribution in [2.24, 2.45) is 0 Å². The fourth-order valence-corrected chi connectivity index (χ4v) is 8.23. The quantitative estimate of drug-likeness (QED) is 0.399. The zero-order valence-corrected chi connectivity index (χ0v) is 16.3. The zero-order chi connectivity index (χ0) is 20.2. The molecule has 1 aliphatic heterocycles. The number of anilines is 1. The Morgan fingerprint density at radius 2 is 1.89 bits per heavy atom. The van der Waals surface area contributed by atoms with E-state index < -0.39 is 39.8 Å². The van der Waals surface area contributed by atoms with E-state index in [4.69, 9.17) is 24.8 Å². The van der Waals surface area contributed by atoms with E-state index >= 15 is 0 Å². The van der Waals surface area contributed by atoms with Crippen LogP contribution in [0.4, 0.5) is 5.82 Å². The summed E-state index contributed by atoms with van der Waals surface area (Å²) in [5.41, 5.74) is 6.34. The van der Waals surface area contributed by atoms with E-state index in [0.717, 1.165) is 0 Å². The molecule has 3 unspecified atom stereocenters. The average Bonchev–Trinajstić information content (AvgIpc) is 3.11. The van der Waals surface area contributed by atoms with E-state index in [-0.39, 0.29) is 12.2 Å².